The van der Waals surface area contributed by atoms with E-state index in [2.05, 4.69) is 15.1 Å². The molecule has 0 spiro atoms. The van der Waals surface area contributed by atoms with E-state index in [0.29, 0.717) is 18.3 Å². The van der Waals surface area contributed by atoms with Crippen LogP contribution in [0, 0.1) is 10.8 Å². The van der Waals surface area contributed by atoms with Gasteiger partial charge in [-0.2, -0.15) is 9.78 Å². The molecule has 0 bridgehead atoms. The van der Waals surface area contributed by atoms with Crippen LogP contribution in [0.5, 0.6) is 0 Å². The zero-order valence-corrected chi connectivity index (χ0v) is 16.7. The smallest absolute Gasteiger partial charge is 0.244 e. The van der Waals surface area contributed by atoms with Crippen LogP contribution in [0.2, 0.25) is 0 Å². The van der Waals surface area contributed by atoms with Crippen molar-refractivity contribution in [3.63, 3.8) is 0 Å². The van der Waals surface area contributed by atoms with Crippen molar-refractivity contribution in [2.24, 2.45) is 0 Å². The number of benzene rings is 1. The fourth-order valence-electron chi connectivity index (χ4n) is 3.00. The average Bonchev–Trinajstić information content (AvgIpc) is 3.21. The van der Waals surface area contributed by atoms with Crippen LogP contribution in [0.3, 0.4) is 0 Å². The zero-order chi connectivity index (χ0) is 20.4. The Hall–Kier alpha value is -3.22. The zero-order valence-electron chi connectivity index (χ0n) is 15.8. The Morgan fingerprint density at radius 3 is 2.69 bits per heavy atom. The van der Waals surface area contributed by atoms with E-state index in [1.807, 2.05) is 60.1 Å². The molecule has 0 saturated heterocycles. The molecule has 3 N–H and O–H groups in total. The highest BCUT2D eigenvalue weighted by molar-refractivity contribution is 7.59. The highest BCUT2D eigenvalue weighted by Crippen LogP contribution is 2.28. The molecular weight excluding hydrogens is 385 g/mol. The molecular formula is C20H20N7OP. The third-order valence-electron chi connectivity index (χ3n) is 4.56. The van der Waals surface area contributed by atoms with E-state index >= 15 is 0 Å². The lowest BCUT2D eigenvalue weighted by Crippen LogP contribution is -2.32. The van der Waals surface area contributed by atoms with Gasteiger partial charge in [0.2, 0.25) is 5.62 Å². The lowest BCUT2D eigenvalue weighted by molar-refractivity contribution is 0.635. The number of nitrogens with one attached hydrogen (secondary N) is 2. The highest BCUT2D eigenvalue weighted by atomic mass is 31.1. The summed E-state index contributed by atoms with van der Waals surface area (Å²) in [5, 5.41) is 21.8. The standard InChI is InChI=1S/C20H20N7OP/c1-2-29(28)16-6-4-15(5-7-16)17-12-24-20(22)27(25-17)18(21)11-14-3-8-19-23-9-10-26(19)13-14/h3-10,12-13,21-22,28H,2,11H2,1H3. The molecule has 1 unspecified atom stereocenters. The molecule has 0 aliphatic carbocycles. The second kappa shape index (κ2) is 8.03. The quantitative estimate of drug-likeness (QED) is 0.268. The summed E-state index contributed by atoms with van der Waals surface area (Å²) in [6.45, 7) is 1.96. The Kier molecular flexibility index (Phi) is 5.29. The van der Waals surface area contributed by atoms with Crippen molar-refractivity contribution in [2.75, 3.05) is 6.16 Å². The summed E-state index contributed by atoms with van der Waals surface area (Å²) in [7, 11) is -1.13. The van der Waals surface area contributed by atoms with Crippen LogP contribution in [-0.4, -0.2) is 41.0 Å². The fraction of sp³-hybridized carbons (Fsp3) is 0.150. The lowest BCUT2D eigenvalue weighted by atomic mass is 10.2. The van der Waals surface area contributed by atoms with E-state index in [1.165, 1.54) is 10.9 Å². The molecule has 8 nitrogen and oxygen atoms in total. The maximum absolute atomic E-state index is 10.0. The molecule has 1 atom stereocenters. The number of nitrogens with zero attached hydrogens (tertiary/aromatic N) is 5. The molecule has 9 heteroatoms. The maximum atomic E-state index is 10.0. The number of imidazole rings is 1. The maximum Gasteiger partial charge on any atom is 0.244 e. The van der Waals surface area contributed by atoms with Crippen LogP contribution in [0.25, 0.3) is 16.9 Å². The Morgan fingerprint density at radius 2 is 1.93 bits per heavy atom. The van der Waals surface area contributed by atoms with Gasteiger partial charge in [-0.1, -0.05) is 37.3 Å². The third kappa shape index (κ3) is 3.99. The first kappa shape index (κ1) is 19.1. The van der Waals surface area contributed by atoms with Gasteiger partial charge in [0, 0.05) is 35.9 Å². The van der Waals surface area contributed by atoms with Crippen molar-refractivity contribution in [1.29, 1.82) is 10.8 Å². The summed E-state index contributed by atoms with van der Waals surface area (Å²) in [6.07, 6.45) is 8.05. The van der Waals surface area contributed by atoms with Crippen LogP contribution in [-0.2, 0) is 6.42 Å². The van der Waals surface area contributed by atoms with Gasteiger partial charge in [0.05, 0.1) is 14.3 Å². The first-order valence-corrected chi connectivity index (χ1v) is 10.6. The number of hydrogen-bond donors (Lipinski definition) is 3. The molecule has 4 aromatic rings. The second-order valence-electron chi connectivity index (χ2n) is 6.50. The van der Waals surface area contributed by atoms with E-state index in [4.69, 9.17) is 10.8 Å². The van der Waals surface area contributed by atoms with Gasteiger partial charge in [0.15, 0.2) is 0 Å². The van der Waals surface area contributed by atoms with Crippen LogP contribution in [0.15, 0.2) is 61.2 Å². The van der Waals surface area contributed by atoms with Gasteiger partial charge >= 0.3 is 0 Å². The summed E-state index contributed by atoms with van der Waals surface area (Å²) in [6, 6.07) is 11.3. The Morgan fingerprint density at radius 1 is 1.14 bits per heavy atom. The van der Waals surface area contributed by atoms with Gasteiger partial charge in [0.25, 0.3) is 0 Å². The Labute approximate surface area is 168 Å². The number of aromatic nitrogens is 5. The fourth-order valence-corrected chi connectivity index (χ4v) is 3.86. The molecule has 4 rings (SSSR count). The molecule has 1 aromatic carbocycles. The molecule has 0 amide bonds. The van der Waals surface area contributed by atoms with E-state index in [-0.39, 0.29) is 11.5 Å². The summed E-state index contributed by atoms with van der Waals surface area (Å²) in [5.74, 6) is 0.158. The van der Waals surface area contributed by atoms with Gasteiger partial charge in [-0.05, 0) is 17.8 Å². The first-order valence-electron chi connectivity index (χ1n) is 9.12. The van der Waals surface area contributed by atoms with Crippen molar-refractivity contribution in [3.8, 4) is 11.3 Å². The van der Waals surface area contributed by atoms with E-state index in [0.717, 1.165) is 22.1 Å². The molecule has 0 fully saturated rings. The van der Waals surface area contributed by atoms with Crippen LogP contribution in [0.4, 0.5) is 0 Å². The summed E-state index contributed by atoms with van der Waals surface area (Å²) >= 11 is 0. The van der Waals surface area contributed by atoms with Gasteiger partial charge in [-0.3, -0.25) is 10.8 Å². The first-order chi connectivity index (χ1) is 14.0. The topological polar surface area (TPSA) is 116 Å². The summed E-state index contributed by atoms with van der Waals surface area (Å²) in [5.41, 5.74) is 3.06. The highest BCUT2D eigenvalue weighted by Gasteiger charge is 2.10. The Balaban J connectivity index is 1.60. The van der Waals surface area contributed by atoms with Gasteiger partial charge in [-0.15, -0.1) is 0 Å². The minimum atomic E-state index is -1.13. The van der Waals surface area contributed by atoms with Crippen molar-refractivity contribution in [2.45, 2.75) is 13.3 Å². The van der Waals surface area contributed by atoms with Gasteiger partial charge in [-0.25, -0.2) is 9.97 Å². The van der Waals surface area contributed by atoms with Crippen LogP contribution >= 0.6 is 8.15 Å². The third-order valence-corrected chi connectivity index (χ3v) is 6.05. The van der Waals surface area contributed by atoms with E-state index in [1.54, 1.807) is 6.20 Å². The van der Waals surface area contributed by atoms with Crippen molar-refractivity contribution in [1.82, 2.24) is 24.1 Å². The van der Waals surface area contributed by atoms with E-state index < -0.39 is 8.15 Å². The molecule has 0 radical (unpaired) electrons. The van der Waals surface area contributed by atoms with E-state index in [9.17, 15) is 4.89 Å². The molecule has 29 heavy (non-hydrogen) atoms. The van der Waals surface area contributed by atoms with Crippen LogP contribution in [0.1, 0.15) is 12.5 Å². The molecule has 0 saturated carbocycles. The molecule has 0 aliphatic rings. The lowest BCUT2D eigenvalue weighted by Gasteiger charge is -2.11. The van der Waals surface area contributed by atoms with Gasteiger partial charge in [0.1, 0.15) is 17.2 Å². The Bertz CT molecular complexity index is 1230. The van der Waals surface area contributed by atoms with Crippen molar-refractivity contribution >= 4 is 24.9 Å². The largest absolute Gasteiger partial charge is 0.369 e. The monoisotopic (exact) mass is 405 g/mol. The van der Waals surface area contributed by atoms with Gasteiger partial charge < -0.3 is 9.29 Å². The SMILES string of the molecule is CCP(O)c1ccc(-c2cnc(=N)n(C(=N)Cc3ccc4nccn4c3)n2)cc1. The molecule has 3 aromatic heterocycles. The summed E-state index contributed by atoms with van der Waals surface area (Å²) in [4.78, 5) is 18.3. The number of rotatable bonds is 5. The predicted octanol–water partition coefficient (Wildman–Crippen LogP) is 2.17. The molecule has 146 valence electrons. The molecule has 0 aliphatic heterocycles. The van der Waals surface area contributed by atoms with Crippen LogP contribution < -0.4 is 10.9 Å². The van der Waals surface area contributed by atoms with Crippen molar-refractivity contribution < 1.29 is 4.89 Å². The normalized spacial score (nSPS) is 12.2. The number of hydrogen-bond acceptors (Lipinski definition) is 6. The van der Waals surface area contributed by atoms with Crippen molar-refractivity contribution in [3.05, 3.63) is 72.4 Å². The summed E-state index contributed by atoms with van der Waals surface area (Å²) < 4.78 is 3.14. The molecule has 3 heterocycles. The minimum Gasteiger partial charge on any atom is -0.369 e. The predicted molar refractivity (Wildman–Crippen MR) is 113 cm³/mol. The average molecular weight is 405 g/mol. The second-order valence-corrected chi connectivity index (χ2v) is 8.44. The number of pyridine rings is 1. The number of fused-ring (bicyclic) bond motifs is 1. The minimum absolute atomic E-state index is 0.0936.